The maximum atomic E-state index is 5.27. The maximum absolute atomic E-state index is 5.27. The Kier molecular flexibility index (Phi) is 4.56. The number of ether oxygens (including phenoxy) is 1. The molecule has 6 nitrogen and oxygen atoms in total. The zero-order chi connectivity index (χ0) is 17.8. The van der Waals surface area contributed by atoms with Crippen molar-refractivity contribution in [1.82, 2.24) is 20.2 Å². The summed E-state index contributed by atoms with van der Waals surface area (Å²) in [5, 5.41) is 16.4. The van der Waals surface area contributed by atoms with Gasteiger partial charge in [-0.3, -0.25) is 0 Å². The van der Waals surface area contributed by atoms with Crippen LogP contribution in [0.1, 0.15) is 37.9 Å². The number of para-hydroxylation sites is 1. The summed E-state index contributed by atoms with van der Waals surface area (Å²) in [5.41, 5.74) is 1.76. The molecule has 1 fully saturated rings. The molecule has 1 saturated carbocycles. The number of aromatic nitrogens is 4. The van der Waals surface area contributed by atoms with Gasteiger partial charge in [0.25, 0.3) is 0 Å². The fourth-order valence-corrected chi connectivity index (χ4v) is 3.74. The highest BCUT2D eigenvalue weighted by Crippen LogP contribution is 2.39. The van der Waals surface area contributed by atoms with Crippen molar-refractivity contribution in [2.75, 3.05) is 12.4 Å². The quantitative estimate of drug-likeness (QED) is 0.756. The van der Waals surface area contributed by atoms with E-state index in [1.54, 1.807) is 7.11 Å². The zero-order valence-corrected chi connectivity index (χ0v) is 14.9. The number of methoxy groups -OCH3 is 1. The summed E-state index contributed by atoms with van der Waals surface area (Å²) in [7, 11) is 1.68. The Balaban J connectivity index is 1.72. The Bertz CT molecular complexity index is 838. The van der Waals surface area contributed by atoms with Crippen LogP contribution in [0.5, 0.6) is 5.75 Å². The zero-order valence-electron chi connectivity index (χ0n) is 14.9. The molecule has 1 heterocycles. The molecule has 2 aromatic carbocycles. The van der Waals surface area contributed by atoms with E-state index in [2.05, 4.69) is 20.8 Å². The van der Waals surface area contributed by atoms with Gasteiger partial charge in [0.2, 0.25) is 0 Å². The molecule has 0 amide bonds. The van der Waals surface area contributed by atoms with Gasteiger partial charge in [-0.1, -0.05) is 37.5 Å². The second-order valence-corrected chi connectivity index (χ2v) is 6.75. The van der Waals surface area contributed by atoms with Crippen molar-refractivity contribution in [1.29, 1.82) is 0 Å². The average Bonchev–Trinajstić information content (AvgIpc) is 3.21. The minimum Gasteiger partial charge on any atom is -0.497 e. The Hall–Kier alpha value is -2.89. The first-order chi connectivity index (χ1) is 12.8. The number of tetrazole rings is 1. The first-order valence-corrected chi connectivity index (χ1v) is 9.07. The summed E-state index contributed by atoms with van der Waals surface area (Å²) in [5.74, 6) is 1.72. The lowest BCUT2D eigenvalue weighted by molar-refractivity contribution is 0.309. The van der Waals surface area contributed by atoms with E-state index in [4.69, 9.17) is 4.74 Å². The van der Waals surface area contributed by atoms with Crippen LogP contribution < -0.4 is 10.1 Å². The molecule has 26 heavy (non-hydrogen) atoms. The molecular weight excluding hydrogens is 326 g/mol. The van der Waals surface area contributed by atoms with E-state index in [1.807, 2.05) is 59.3 Å². The molecule has 0 bridgehead atoms. The summed E-state index contributed by atoms with van der Waals surface area (Å²) in [6.07, 6.45) is 5.58. The standard InChI is InChI=1S/C20H23N5O/c1-26-18-12-10-16(11-13-18)21-20(14-6-3-7-15-20)19-22-23-24-25(19)17-8-4-2-5-9-17/h2,4-5,8-13,21H,3,6-7,14-15H2,1H3. The van der Waals surface area contributed by atoms with Crippen LogP contribution in [0.25, 0.3) is 5.69 Å². The fraction of sp³-hybridized carbons (Fsp3) is 0.350. The topological polar surface area (TPSA) is 64.9 Å². The molecular formula is C20H23N5O. The third-order valence-corrected chi connectivity index (χ3v) is 5.08. The lowest BCUT2D eigenvalue weighted by Crippen LogP contribution is -2.40. The molecule has 0 atom stereocenters. The Morgan fingerprint density at radius 3 is 2.38 bits per heavy atom. The Morgan fingerprint density at radius 2 is 1.69 bits per heavy atom. The van der Waals surface area contributed by atoms with Crippen molar-refractivity contribution in [3.8, 4) is 11.4 Å². The summed E-state index contributed by atoms with van der Waals surface area (Å²) in [6.45, 7) is 0. The number of benzene rings is 2. The molecule has 4 rings (SSSR count). The predicted octanol–water partition coefficient (Wildman–Crippen LogP) is 3.94. The van der Waals surface area contributed by atoms with Crippen LogP contribution in [0.3, 0.4) is 0 Å². The fourth-order valence-electron chi connectivity index (χ4n) is 3.74. The van der Waals surface area contributed by atoms with Gasteiger partial charge >= 0.3 is 0 Å². The van der Waals surface area contributed by atoms with Crippen molar-refractivity contribution >= 4 is 5.69 Å². The second kappa shape index (κ2) is 7.15. The van der Waals surface area contributed by atoms with E-state index in [0.717, 1.165) is 48.6 Å². The minimum absolute atomic E-state index is 0.272. The van der Waals surface area contributed by atoms with Gasteiger partial charge in [-0.15, -0.1) is 5.10 Å². The molecule has 3 aromatic rings. The molecule has 1 aromatic heterocycles. The maximum Gasteiger partial charge on any atom is 0.181 e. The van der Waals surface area contributed by atoms with Crippen LogP contribution in [0, 0.1) is 0 Å². The third kappa shape index (κ3) is 3.14. The molecule has 0 radical (unpaired) electrons. The lowest BCUT2D eigenvalue weighted by Gasteiger charge is -2.37. The predicted molar refractivity (Wildman–Crippen MR) is 101 cm³/mol. The molecule has 134 valence electrons. The summed E-state index contributed by atoms with van der Waals surface area (Å²) in [4.78, 5) is 0. The van der Waals surface area contributed by atoms with E-state index < -0.39 is 0 Å². The number of anilines is 1. The highest BCUT2D eigenvalue weighted by molar-refractivity contribution is 5.49. The molecule has 0 spiro atoms. The van der Waals surface area contributed by atoms with Gasteiger partial charge in [0.05, 0.1) is 18.3 Å². The van der Waals surface area contributed by atoms with Gasteiger partial charge < -0.3 is 10.1 Å². The second-order valence-electron chi connectivity index (χ2n) is 6.75. The first kappa shape index (κ1) is 16.6. The van der Waals surface area contributed by atoms with Crippen LogP contribution >= 0.6 is 0 Å². The van der Waals surface area contributed by atoms with E-state index in [-0.39, 0.29) is 5.54 Å². The minimum atomic E-state index is -0.272. The number of nitrogens with one attached hydrogen (secondary N) is 1. The van der Waals surface area contributed by atoms with Gasteiger partial charge in [0.1, 0.15) is 5.75 Å². The highest BCUT2D eigenvalue weighted by Gasteiger charge is 2.39. The van der Waals surface area contributed by atoms with Crippen molar-refractivity contribution in [2.45, 2.75) is 37.6 Å². The molecule has 1 aliphatic rings. The Morgan fingerprint density at radius 1 is 0.962 bits per heavy atom. The molecule has 1 N–H and O–H groups in total. The highest BCUT2D eigenvalue weighted by atomic mass is 16.5. The largest absolute Gasteiger partial charge is 0.497 e. The first-order valence-electron chi connectivity index (χ1n) is 9.07. The van der Waals surface area contributed by atoms with E-state index in [0.29, 0.717) is 0 Å². The molecule has 0 unspecified atom stereocenters. The van der Waals surface area contributed by atoms with Gasteiger partial charge in [-0.2, -0.15) is 4.68 Å². The van der Waals surface area contributed by atoms with Crippen LogP contribution in [0.4, 0.5) is 5.69 Å². The molecule has 1 aliphatic carbocycles. The number of hydrogen-bond acceptors (Lipinski definition) is 5. The van der Waals surface area contributed by atoms with Crippen molar-refractivity contribution in [3.05, 3.63) is 60.4 Å². The SMILES string of the molecule is COc1ccc(NC2(c3nnnn3-c3ccccc3)CCCCC2)cc1. The monoisotopic (exact) mass is 349 g/mol. The van der Waals surface area contributed by atoms with E-state index in [9.17, 15) is 0 Å². The van der Waals surface area contributed by atoms with Gasteiger partial charge in [-0.25, -0.2) is 0 Å². The van der Waals surface area contributed by atoms with Crippen LogP contribution in [-0.2, 0) is 5.54 Å². The Labute approximate surface area is 153 Å². The molecule has 0 aliphatic heterocycles. The van der Waals surface area contributed by atoms with Crippen molar-refractivity contribution in [2.24, 2.45) is 0 Å². The van der Waals surface area contributed by atoms with Crippen molar-refractivity contribution < 1.29 is 4.74 Å². The van der Waals surface area contributed by atoms with E-state index in [1.165, 1.54) is 6.42 Å². The average molecular weight is 349 g/mol. The van der Waals surface area contributed by atoms with Gasteiger partial charge in [0, 0.05) is 5.69 Å². The number of hydrogen-bond donors (Lipinski definition) is 1. The van der Waals surface area contributed by atoms with Crippen LogP contribution in [-0.4, -0.2) is 27.3 Å². The summed E-state index contributed by atoms with van der Waals surface area (Å²) >= 11 is 0. The summed E-state index contributed by atoms with van der Waals surface area (Å²) in [6, 6.07) is 18.1. The summed E-state index contributed by atoms with van der Waals surface area (Å²) < 4.78 is 7.13. The molecule has 6 heteroatoms. The van der Waals surface area contributed by atoms with E-state index >= 15 is 0 Å². The molecule has 0 saturated heterocycles. The van der Waals surface area contributed by atoms with Crippen molar-refractivity contribution in [3.63, 3.8) is 0 Å². The number of nitrogens with zero attached hydrogens (tertiary/aromatic N) is 4. The lowest BCUT2D eigenvalue weighted by atomic mass is 9.80. The third-order valence-electron chi connectivity index (χ3n) is 5.08. The van der Waals surface area contributed by atoms with Crippen LogP contribution in [0.15, 0.2) is 54.6 Å². The van der Waals surface area contributed by atoms with Crippen LogP contribution in [0.2, 0.25) is 0 Å². The van der Waals surface area contributed by atoms with Gasteiger partial charge in [-0.05, 0) is 59.7 Å². The normalized spacial score (nSPS) is 16.2. The van der Waals surface area contributed by atoms with Gasteiger partial charge in [0.15, 0.2) is 5.82 Å². The smallest absolute Gasteiger partial charge is 0.181 e. The number of rotatable bonds is 5.